The van der Waals surface area contributed by atoms with Crippen LogP contribution in [0.25, 0.3) is 0 Å². The first-order chi connectivity index (χ1) is 6.66. The van der Waals surface area contributed by atoms with Crippen LogP contribution in [0.2, 0.25) is 0 Å². The SMILES string of the molecule is C=CC=CCCC=C(C)CCC(C)C. The number of unbranched alkanes of at least 4 members (excludes halogenated alkanes) is 1. The zero-order valence-corrected chi connectivity index (χ0v) is 9.92. The molecule has 0 bridgehead atoms. The molecule has 14 heavy (non-hydrogen) atoms. The first kappa shape index (κ1) is 13.2. The van der Waals surface area contributed by atoms with Crippen LogP contribution in [0, 0.1) is 5.92 Å². The Morgan fingerprint density at radius 3 is 2.57 bits per heavy atom. The number of allylic oxidation sites excluding steroid dienone is 5. The molecule has 0 unspecified atom stereocenters. The molecule has 0 aliphatic carbocycles. The summed E-state index contributed by atoms with van der Waals surface area (Å²) in [5.41, 5.74) is 1.53. The first-order valence-electron chi connectivity index (χ1n) is 5.60. The zero-order chi connectivity index (χ0) is 10.8. The summed E-state index contributed by atoms with van der Waals surface area (Å²) in [5.74, 6) is 0.819. The quantitative estimate of drug-likeness (QED) is 0.306. The van der Waals surface area contributed by atoms with Crippen LogP contribution in [0.1, 0.15) is 46.5 Å². The molecule has 0 spiro atoms. The van der Waals surface area contributed by atoms with Crippen LogP contribution in [0.15, 0.2) is 36.5 Å². The van der Waals surface area contributed by atoms with Crippen molar-refractivity contribution in [1.29, 1.82) is 0 Å². The van der Waals surface area contributed by atoms with E-state index in [-0.39, 0.29) is 0 Å². The average Bonchev–Trinajstić information content (AvgIpc) is 2.14. The fourth-order valence-electron chi connectivity index (χ4n) is 1.24. The van der Waals surface area contributed by atoms with E-state index in [2.05, 4.69) is 39.5 Å². The van der Waals surface area contributed by atoms with Gasteiger partial charge in [0.1, 0.15) is 0 Å². The minimum Gasteiger partial charge on any atom is -0.0991 e. The van der Waals surface area contributed by atoms with Gasteiger partial charge in [-0.25, -0.2) is 0 Å². The van der Waals surface area contributed by atoms with E-state index in [4.69, 9.17) is 0 Å². The predicted molar refractivity (Wildman–Crippen MR) is 66.4 cm³/mol. The molecule has 0 saturated carbocycles. The van der Waals surface area contributed by atoms with E-state index in [1.54, 1.807) is 0 Å². The summed E-state index contributed by atoms with van der Waals surface area (Å²) < 4.78 is 0. The van der Waals surface area contributed by atoms with Crippen molar-refractivity contribution in [2.75, 3.05) is 0 Å². The van der Waals surface area contributed by atoms with Crippen molar-refractivity contribution in [3.05, 3.63) is 36.5 Å². The second kappa shape index (κ2) is 8.80. The van der Waals surface area contributed by atoms with Crippen LogP contribution in [0.5, 0.6) is 0 Å². The van der Waals surface area contributed by atoms with Crippen molar-refractivity contribution in [2.45, 2.75) is 46.5 Å². The standard InChI is InChI=1S/C14H24/c1-5-6-7-8-9-10-14(4)12-11-13(2)3/h5-7,10,13H,1,8-9,11-12H2,2-4H3. The molecular formula is C14H24. The summed E-state index contributed by atoms with van der Waals surface area (Å²) in [6, 6.07) is 0. The van der Waals surface area contributed by atoms with Crippen molar-refractivity contribution in [3.8, 4) is 0 Å². The van der Waals surface area contributed by atoms with Gasteiger partial charge in [0.2, 0.25) is 0 Å². The van der Waals surface area contributed by atoms with Gasteiger partial charge in [0.05, 0.1) is 0 Å². The van der Waals surface area contributed by atoms with Gasteiger partial charge in [-0.3, -0.25) is 0 Å². The van der Waals surface area contributed by atoms with E-state index in [9.17, 15) is 0 Å². The Morgan fingerprint density at radius 1 is 1.29 bits per heavy atom. The predicted octanol–water partition coefficient (Wildman–Crippen LogP) is 4.89. The van der Waals surface area contributed by atoms with Crippen molar-refractivity contribution in [1.82, 2.24) is 0 Å². The molecular weight excluding hydrogens is 168 g/mol. The van der Waals surface area contributed by atoms with Gasteiger partial charge in [-0.1, -0.05) is 50.3 Å². The highest BCUT2D eigenvalue weighted by atomic mass is 14.0. The molecule has 0 aromatic carbocycles. The second-order valence-electron chi connectivity index (χ2n) is 4.22. The van der Waals surface area contributed by atoms with Crippen LogP contribution in [-0.2, 0) is 0 Å². The molecule has 0 heteroatoms. The van der Waals surface area contributed by atoms with Crippen molar-refractivity contribution in [3.63, 3.8) is 0 Å². The van der Waals surface area contributed by atoms with Crippen LogP contribution in [-0.4, -0.2) is 0 Å². The van der Waals surface area contributed by atoms with Gasteiger partial charge in [-0.2, -0.15) is 0 Å². The summed E-state index contributed by atoms with van der Waals surface area (Å²) in [6.45, 7) is 10.4. The van der Waals surface area contributed by atoms with Gasteiger partial charge in [-0.15, -0.1) is 0 Å². The monoisotopic (exact) mass is 192 g/mol. The van der Waals surface area contributed by atoms with Gasteiger partial charge in [0.15, 0.2) is 0 Å². The van der Waals surface area contributed by atoms with Gasteiger partial charge in [-0.05, 0) is 38.5 Å². The highest BCUT2D eigenvalue weighted by Crippen LogP contribution is 2.11. The Hall–Kier alpha value is -0.780. The maximum Gasteiger partial charge on any atom is -0.0313 e. The Morgan fingerprint density at radius 2 is 2.00 bits per heavy atom. The van der Waals surface area contributed by atoms with Gasteiger partial charge in [0, 0.05) is 0 Å². The Labute approximate surface area is 89.4 Å². The fraction of sp³-hybridized carbons (Fsp3) is 0.571. The molecule has 0 aromatic rings. The van der Waals surface area contributed by atoms with Crippen molar-refractivity contribution < 1.29 is 0 Å². The lowest BCUT2D eigenvalue weighted by Crippen LogP contribution is -1.87. The molecule has 0 rings (SSSR count). The van der Waals surface area contributed by atoms with Gasteiger partial charge in [0.25, 0.3) is 0 Å². The summed E-state index contributed by atoms with van der Waals surface area (Å²) in [6.07, 6.45) is 13.2. The molecule has 0 fully saturated rings. The van der Waals surface area contributed by atoms with Gasteiger partial charge < -0.3 is 0 Å². The summed E-state index contributed by atoms with van der Waals surface area (Å²) in [5, 5.41) is 0. The molecule has 80 valence electrons. The molecule has 0 heterocycles. The third-order valence-electron chi connectivity index (χ3n) is 2.21. The molecule has 0 saturated heterocycles. The summed E-state index contributed by atoms with van der Waals surface area (Å²) in [7, 11) is 0. The van der Waals surface area contributed by atoms with E-state index in [0.29, 0.717) is 0 Å². The number of hydrogen-bond acceptors (Lipinski definition) is 0. The average molecular weight is 192 g/mol. The summed E-state index contributed by atoms with van der Waals surface area (Å²) in [4.78, 5) is 0. The molecule has 0 N–H and O–H groups in total. The lowest BCUT2D eigenvalue weighted by molar-refractivity contribution is 0.584. The Balaban J connectivity index is 3.55. The maximum absolute atomic E-state index is 3.64. The zero-order valence-electron chi connectivity index (χ0n) is 9.92. The molecule has 0 aromatic heterocycles. The number of hydrogen-bond donors (Lipinski definition) is 0. The van der Waals surface area contributed by atoms with Crippen LogP contribution >= 0.6 is 0 Å². The van der Waals surface area contributed by atoms with E-state index >= 15 is 0 Å². The lowest BCUT2D eigenvalue weighted by atomic mass is 10.0. The third-order valence-corrected chi connectivity index (χ3v) is 2.21. The summed E-state index contributed by atoms with van der Waals surface area (Å²) >= 11 is 0. The van der Waals surface area contributed by atoms with E-state index in [0.717, 1.165) is 18.8 Å². The maximum atomic E-state index is 3.64. The molecule has 0 radical (unpaired) electrons. The second-order valence-corrected chi connectivity index (χ2v) is 4.22. The molecule has 0 nitrogen and oxygen atoms in total. The first-order valence-corrected chi connectivity index (χ1v) is 5.60. The van der Waals surface area contributed by atoms with Crippen LogP contribution < -0.4 is 0 Å². The smallest absolute Gasteiger partial charge is 0.0313 e. The largest absolute Gasteiger partial charge is 0.0991 e. The minimum atomic E-state index is 0.819. The highest BCUT2D eigenvalue weighted by molar-refractivity contribution is 5.01. The van der Waals surface area contributed by atoms with E-state index < -0.39 is 0 Å². The molecule has 0 atom stereocenters. The van der Waals surface area contributed by atoms with Gasteiger partial charge >= 0.3 is 0 Å². The minimum absolute atomic E-state index is 0.819. The van der Waals surface area contributed by atoms with Crippen LogP contribution in [0.3, 0.4) is 0 Å². The van der Waals surface area contributed by atoms with E-state index in [1.165, 1.54) is 18.4 Å². The Bertz CT molecular complexity index is 194. The fourth-order valence-corrected chi connectivity index (χ4v) is 1.24. The normalized spacial score (nSPS) is 12.7. The molecule has 0 aliphatic heterocycles. The third kappa shape index (κ3) is 9.31. The lowest BCUT2D eigenvalue weighted by Gasteiger charge is -2.04. The number of rotatable bonds is 7. The van der Waals surface area contributed by atoms with E-state index in [1.807, 2.05) is 12.2 Å². The topological polar surface area (TPSA) is 0 Å². The molecule has 0 amide bonds. The van der Waals surface area contributed by atoms with Crippen LogP contribution in [0.4, 0.5) is 0 Å². The molecule has 0 aliphatic rings. The van der Waals surface area contributed by atoms with Crippen molar-refractivity contribution >= 4 is 0 Å². The van der Waals surface area contributed by atoms with Crippen molar-refractivity contribution in [2.24, 2.45) is 5.92 Å². The highest BCUT2D eigenvalue weighted by Gasteiger charge is 1.94. The Kier molecular flexibility index (Phi) is 8.31.